The van der Waals surface area contributed by atoms with E-state index in [0.717, 1.165) is 83.5 Å². The fourth-order valence-electron chi connectivity index (χ4n) is 6.21. The highest BCUT2D eigenvalue weighted by atomic mass is 16.5. The molecule has 2 atom stereocenters. The fourth-order valence-corrected chi connectivity index (χ4v) is 6.21. The molecule has 52 heavy (non-hydrogen) atoms. The molecule has 0 spiro atoms. The van der Waals surface area contributed by atoms with Gasteiger partial charge < -0.3 is 20.9 Å². The summed E-state index contributed by atoms with van der Waals surface area (Å²) < 4.78 is 5.94. The second kappa shape index (κ2) is 39.5. The molecule has 0 aliphatic heterocycles. The summed E-state index contributed by atoms with van der Waals surface area (Å²) in [6.45, 7) is 4.77. The number of carbonyl (C=O) groups is 3. The summed E-state index contributed by atoms with van der Waals surface area (Å²) in [4.78, 5) is 36.2. The number of aliphatic carboxylic acids is 1. The number of carboxylic acids is 1. The SMILES string of the molecule is CC/C=C\C/C=C\C/C=C\C/C=C\CCCCCCCCCCCCC(=O)OC(CCCCCC)CCCCCCC(=O)NC(CCCN)C(=O)O. The van der Waals surface area contributed by atoms with Crippen LogP contribution in [0.3, 0.4) is 0 Å². The predicted molar refractivity (Wildman–Crippen MR) is 220 cm³/mol. The summed E-state index contributed by atoms with van der Waals surface area (Å²) in [5, 5.41) is 11.9. The number of carbonyl (C=O) groups excluding carboxylic acids is 2. The van der Waals surface area contributed by atoms with Crippen molar-refractivity contribution in [3.8, 4) is 0 Å². The number of rotatable bonds is 38. The zero-order valence-electron chi connectivity index (χ0n) is 33.6. The van der Waals surface area contributed by atoms with Crippen LogP contribution in [0, 0.1) is 0 Å². The third-order valence-corrected chi connectivity index (χ3v) is 9.41. The molecule has 300 valence electrons. The van der Waals surface area contributed by atoms with Gasteiger partial charge in [0.2, 0.25) is 5.91 Å². The Morgan fingerprint density at radius 1 is 0.577 bits per heavy atom. The van der Waals surface area contributed by atoms with Gasteiger partial charge in [-0.1, -0.05) is 146 Å². The average molecular weight is 729 g/mol. The van der Waals surface area contributed by atoms with E-state index in [-0.39, 0.29) is 18.0 Å². The quantitative estimate of drug-likeness (QED) is 0.0331. The van der Waals surface area contributed by atoms with Crippen LogP contribution in [0.15, 0.2) is 48.6 Å². The van der Waals surface area contributed by atoms with E-state index in [0.29, 0.717) is 32.2 Å². The minimum Gasteiger partial charge on any atom is -0.480 e. The summed E-state index contributed by atoms with van der Waals surface area (Å²) >= 11 is 0. The summed E-state index contributed by atoms with van der Waals surface area (Å²) in [7, 11) is 0. The molecule has 1 amide bonds. The van der Waals surface area contributed by atoms with Crippen molar-refractivity contribution in [2.75, 3.05) is 6.54 Å². The van der Waals surface area contributed by atoms with Crippen molar-refractivity contribution in [1.29, 1.82) is 0 Å². The van der Waals surface area contributed by atoms with Crippen LogP contribution in [0.1, 0.15) is 200 Å². The van der Waals surface area contributed by atoms with Gasteiger partial charge in [0, 0.05) is 12.8 Å². The molecule has 0 bridgehead atoms. The molecular formula is C45H80N2O5. The van der Waals surface area contributed by atoms with Crippen LogP contribution >= 0.6 is 0 Å². The second-order valence-corrected chi connectivity index (χ2v) is 14.4. The number of amides is 1. The fraction of sp³-hybridized carbons (Fsp3) is 0.756. The normalized spacial score (nSPS) is 13.1. The average Bonchev–Trinajstić information content (AvgIpc) is 3.13. The van der Waals surface area contributed by atoms with Crippen LogP contribution in [-0.4, -0.2) is 41.6 Å². The lowest BCUT2D eigenvalue weighted by atomic mass is 10.0. The van der Waals surface area contributed by atoms with Gasteiger partial charge in [-0.15, -0.1) is 0 Å². The van der Waals surface area contributed by atoms with Gasteiger partial charge in [0.05, 0.1) is 0 Å². The molecule has 0 rings (SSSR count). The first-order valence-corrected chi connectivity index (χ1v) is 21.5. The molecule has 4 N–H and O–H groups in total. The van der Waals surface area contributed by atoms with Gasteiger partial charge >= 0.3 is 11.9 Å². The van der Waals surface area contributed by atoms with Crippen molar-refractivity contribution in [3.05, 3.63) is 48.6 Å². The van der Waals surface area contributed by atoms with Crippen molar-refractivity contribution in [1.82, 2.24) is 5.32 Å². The summed E-state index contributed by atoms with van der Waals surface area (Å²) in [5.41, 5.74) is 5.47. The first kappa shape index (κ1) is 49.3. The highest BCUT2D eigenvalue weighted by Gasteiger charge is 2.19. The molecule has 0 aromatic rings. The molecular weight excluding hydrogens is 649 g/mol. The predicted octanol–water partition coefficient (Wildman–Crippen LogP) is 12.0. The molecule has 0 aromatic heterocycles. The van der Waals surface area contributed by atoms with E-state index in [4.69, 9.17) is 10.5 Å². The van der Waals surface area contributed by atoms with Gasteiger partial charge in [-0.25, -0.2) is 4.79 Å². The van der Waals surface area contributed by atoms with Gasteiger partial charge in [0.25, 0.3) is 0 Å². The molecule has 7 heteroatoms. The van der Waals surface area contributed by atoms with Gasteiger partial charge in [0.1, 0.15) is 12.1 Å². The molecule has 0 radical (unpaired) electrons. The second-order valence-electron chi connectivity index (χ2n) is 14.4. The largest absolute Gasteiger partial charge is 0.480 e. The number of hydrogen-bond donors (Lipinski definition) is 3. The number of nitrogens with two attached hydrogens (primary N) is 1. The first-order chi connectivity index (χ1) is 25.4. The Balaban J connectivity index is 3.92. The summed E-state index contributed by atoms with van der Waals surface area (Å²) in [6.07, 6.45) is 47.6. The molecule has 0 fully saturated rings. The number of carboxylic acid groups (broad SMARTS) is 1. The number of allylic oxidation sites excluding steroid dienone is 8. The van der Waals surface area contributed by atoms with Gasteiger partial charge in [-0.3, -0.25) is 9.59 Å². The maximum absolute atomic E-state index is 12.6. The maximum atomic E-state index is 12.6. The molecule has 2 unspecified atom stereocenters. The van der Waals surface area contributed by atoms with E-state index in [1.54, 1.807) is 0 Å². The monoisotopic (exact) mass is 729 g/mol. The van der Waals surface area contributed by atoms with E-state index < -0.39 is 12.0 Å². The van der Waals surface area contributed by atoms with E-state index in [9.17, 15) is 19.5 Å². The van der Waals surface area contributed by atoms with Crippen molar-refractivity contribution in [2.24, 2.45) is 5.73 Å². The van der Waals surface area contributed by atoms with E-state index >= 15 is 0 Å². The number of unbranched alkanes of at least 4 members (excludes halogenated alkanes) is 16. The van der Waals surface area contributed by atoms with Crippen LogP contribution in [-0.2, 0) is 19.1 Å². The number of nitrogens with one attached hydrogen (secondary N) is 1. The highest BCUT2D eigenvalue weighted by molar-refractivity contribution is 5.83. The maximum Gasteiger partial charge on any atom is 0.326 e. The Hall–Kier alpha value is -2.67. The molecule has 0 aromatic carbocycles. The zero-order valence-corrected chi connectivity index (χ0v) is 33.6. The molecule has 0 aliphatic rings. The van der Waals surface area contributed by atoms with Crippen LogP contribution < -0.4 is 11.1 Å². The zero-order chi connectivity index (χ0) is 38.2. The Labute approximate surface area is 319 Å². The van der Waals surface area contributed by atoms with E-state index in [1.165, 1.54) is 77.0 Å². The lowest BCUT2D eigenvalue weighted by Gasteiger charge is -2.18. The van der Waals surface area contributed by atoms with Crippen LogP contribution in [0.5, 0.6) is 0 Å². The minimum atomic E-state index is -1.01. The highest BCUT2D eigenvalue weighted by Crippen LogP contribution is 2.18. The van der Waals surface area contributed by atoms with Gasteiger partial charge in [0.15, 0.2) is 0 Å². The van der Waals surface area contributed by atoms with Crippen LogP contribution in [0.2, 0.25) is 0 Å². The smallest absolute Gasteiger partial charge is 0.326 e. The Kier molecular flexibility index (Phi) is 37.5. The van der Waals surface area contributed by atoms with E-state index in [1.807, 2.05) is 0 Å². The molecule has 0 saturated heterocycles. The molecule has 7 nitrogen and oxygen atoms in total. The lowest BCUT2D eigenvalue weighted by Crippen LogP contribution is -2.40. The van der Waals surface area contributed by atoms with Gasteiger partial charge in [-0.05, 0) is 96.4 Å². The standard InChI is InChI=1S/C45H80N2O5/c1-3-5-7-9-10-11-12-13-14-15-16-17-18-19-20-21-22-23-24-25-26-27-33-39-44(49)52-41(35-30-8-6-4-2)36-31-28-29-32-38-43(48)47-42(45(50)51)37-34-40-46/h5,7,10-11,13-14,16-17,41-42H,3-4,6,8-9,12,15,18-40,46H2,1-2H3,(H,47,48)(H,50,51)/b7-5-,11-10-,14-13-,17-16-. The van der Waals surface area contributed by atoms with Crippen LogP contribution in [0.4, 0.5) is 0 Å². The third-order valence-electron chi connectivity index (χ3n) is 9.41. The van der Waals surface area contributed by atoms with E-state index in [2.05, 4.69) is 67.8 Å². The topological polar surface area (TPSA) is 119 Å². The Morgan fingerprint density at radius 3 is 1.60 bits per heavy atom. The lowest BCUT2D eigenvalue weighted by molar-refractivity contribution is -0.150. The number of ether oxygens (including phenoxy) is 1. The molecule has 0 saturated carbocycles. The minimum absolute atomic E-state index is 0.0135. The Morgan fingerprint density at radius 2 is 1.06 bits per heavy atom. The van der Waals surface area contributed by atoms with Crippen molar-refractivity contribution < 1.29 is 24.2 Å². The van der Waals surface area contributed by atoms with Crippen LogP contribution in [0.25, 0.3) is 0 Å². The van der Waals surface area contributed by atoms with Crippen molar-refractivity contribution in [2.45, 2.75) is 212 Å². The number of hydrogen-bond acceptors (Lipinski definition) is 5. The summed E-state index contributed by atoms with van der Waals surface area (Å²) in [5.74, 6) is -1.28. The van der Waals surface area contributed by atoms with Crippen molar-refractivity contribution >= 4 is 17.8 Å². The Bertz CT molecular complexity index is 957. The summed E-state index contributed by atoms with van der Waals surface area (Å²) in [6, 6.07) is -0.863. The molecule has 0 heterocycles. The van der Waals surface area contributed by atoms with Crippen molar-refractivity contribution in [3.63, 3.8) is 0 Å². The molecule has 0 aliphatic carbocycles. The third kappa shape index (κ3) is 35.7. The first-order valence-electron chi connectivity index (χ1n) is 21.5. The number of esters is 1. The van der Waals surface area contributed by atoms with Gasteiger partial charge in [-0.2, -0.15) is 0 Å².